The van der Waals surface area contributed by atoms with Gasteiger partial charge in [-0.2, -0.15) is 0 Å². The van der Waals surface area contributed by atoms with Gasteiger partial charge in [0.15, 0.2) is 0 Å². The molecule has 0 saturated carbocycles. The minimum absolute atomic E-state index is 0.0196. The van der Waals surface area contributed by atoms with Crippen LogP contribution in [0.2, 0.25) is 0 Å². The number of imidazole rings is 1. The van der Waals surface area contributed by atoms with Gasteiger partial charge in [0.1, 0.15) is 11.6 Å². The Morgan fingerprint density at radius 1 is 0.515 bits per heavy atom. The summed E-state index contributed by atoms with van der Waals surface area (Å²) in [7, 11) is 0. The first-order valence-electron chi connectivity index (χ1n) is 26.0. The Morgan fingerprint density at radius 3 is 1.75 bits per heavy atom. The van der Waals surface area contributed by atoms with Crippen LogP contribution < -0.4 is 0 Å². The second-order valence-electron chi connectivity index (χ2n) is 23.0. The van der Waals surface area contributed by atoms with Gasteiger partial charge in [-0.3, -0.25) is 9.55 Å². The smallest absolute Gasteiger partial charge is 0.149 e. The topological polar surface area (TPSA) is 50.9 Å². The first-order valence-corrected chi connectivity index (χ1v) is 24.5. The quantitative estimate of drug-likeness (QED) is 0.157. The van der Waals surface area contributed by atoms with E-state index >= 15 is 0 Å². The van der Waals surface area contributed by atoms with E-state index in [1.807, 2.05) is 47.2 Å². The van der Waals surface area contributed by atoms with Gasteiger partial charge >= 0.3 is 0 Å². The van der Waals surface area contributed by atoms with E-state index in [1.54, 1.807) is 0 Å². The molecule has 0 fully saturated rings. The molecular formula is C64H73N3O. The first kappa shape index (κ1) is 44.3. The number of rotatable bonds is 9. The van der Waals surface area contributed by atoms with E-state index < -0.39 is 6.85 Å². The predicted octanol–water partition coefficient (Wildman–Crippen LogP) is 18.0. The van der Waals surface area contributed by atoms with Crippen LogP contribution in [-0.4, -0.2) is 19.6 Å². The van der Waals surface area contributed by atoms with E-state index in [2.05, 4.69) is 189 Å². The molecule has 4 nitrogen and oxygen atoms in total. The minimum Gasteiger partial charge on any atom is -0.507 e. The Morgan fingerprint density at radius 2 is 1.12 bits per heavy atom. The van der Waals surface area contributed by atoms with Crippen LogP contribution in [-0.2, 0) is 16.2 Å². The number of aromatic hydroxyl groups is 1. The molecule has 0 saturated heterocycles. The van der Waals surface area contributed by atoms with Gasteiger partial charge in [-0.1, -0.05) is 177 Å². The largest absolute Gasteiger partial charge is 0.507 e. The van der Waals surface area contributed by atoms with Gasteiger partial charge in [0.05, 0.1) is 28.0 Å². The lowest BCUT2D eigenvalue weighted by atomic mass is 9.82. The average Bonchev–Trinajstić information content (AvgIpc) is 3.69. The van der Waals surface area contributed by atoms with Gasteiger partial charge in [0, 0.05) is 21.4 Å². The molecule has 0 aliphatic heterocycles. The standard InChI is InChI=1S/C64H73N3O/c1-38(2)45-29-47(32-51(31-45)63(11,12)13)43-22-25-57(41(7)28-43)67-58-19-17-18-53(59(58)66-61(67)55-36-46(39(3)4)35-54(40(5)6)60(55)68)48-30-49(34-52(33-48)64(14,15)16)56-37-44(26-27-65-56)42-20-23-50(24-21-42)62(8,9)10/h17-40,68H,1-16H3/i7D3. The molecule has 0 bridgehead atoms. The Bertz CT molecular complexity index is 3280. The highest BCUT2D eigenvalue weighted by atomic mass is 16.3. The van der Waals surface area contributed by atoms with Crippen molar-refractivity contribution in [3.8, 4) is 67.5 Å². The van der Waals surface area contributed by atoms with Crippen molar-refractivity contribution in [1.82, 2.24) is 14.5 Å². The van der Waals surface area contributed by atoms with E-state index in [4.69, 9.17) is 14.1 Å². The maximum Gasteiger partial charge on any atom is 0.149 e. The molecule has 0 radical (unpaired) electrons. The highest BCUT2D eigenvalue weighted by molar-refractivity contribution is 5.97. The van der Waals surface area contributed by atoms with E-state index in [-0.39, 0.29) is 45.3 Å². The second-order valence-corrected chi connectivity index (χ2v) is 23.0. The van der Waals surface area contributed by atoms with E-state index in [0.717, 1.165) is 66.8 Å². The van der Waals surface area contributed by atoms with Crippen molar-refractivity contribution in [2.75, 3.05) is 0 Å². The number of pyridine rings is 1. The molecule has 0 amide bonds. The number of hydrogen-bond acceptors (Lipinski definition) is 3. The number of nitrogens with zero attached hydrogens (tertiary/aromatic N) is 3. The van der Waals surface area contributed by atoms with Crippen molar-refractivity contribution < 1.29 is 9.22 Å². The normalized spacial score (nSPS) is 13.4. The van der Waals surface area contributed by atoms with E-state index in [9.17, 15) is 5.11 Å². The summed E-state index contributed by atoms with van der Waals surface area (Å²) >= 11 is 0. The van der Waals surface area contributed by atoms with Gasteiger partial charge < -0.3 is 5.11 Å². The van der Waals surface area contributed by atoms with Crippen LogP contribution in [0.5, 0.6) is 5.75 Å². The average molecular weight is 903 g/mol. The Hall–Kier alpha value is -6.26. The predicted molar refractivity (Wildman–Crippen MR) is 291 cm³/mol. The first-order chi connectivity index (χ1) is 33.1. The molecule has 0 atom stereocenters. The maximum absolute atomic E-state index is 12.4. The lowest BCUT2D eigenvalue weighted by Gasteiger charge is -2.23. The van der Waals surface area contributed by atoms with Crippen molar-refractivity contribution >= 4 is 11.0 Å². The molecule has 6 aromatic carbocycles. The third-order valence-electron chi connectivity index (χ3n) is 13.7. The van der Waals surface area contributed by atoms with Crippen molar-refractivity contribution in [3.63, 3.8) is 0 Å². The number of phenols is 1. The van der Waals surface area contributed by atoms with Gasteiger partial charge in [-0.25, -0.2) is 4.98 Å². The van der Waals surface area contributed by atoms with E-state index in [1.165, 1.54) is 16.7 Å². The number of phenolic OH excluding ortho intramolecular Hbond substituents is 1. The summed E-state index contributed by atoms with van der Waals surface area (Å²) < 4.78 is 29.4. The summed E-state index contributed by atoms with van der Waals surface area (Å²) in [5.74, 6) is 1.08. The van der Waals surface area contributed by atoms with Crippen molar-refractivity contribution in [1.29, 1.82) is 0 Å². The summed E-state index contributed by atoms with van der Waals surface area (Å²) in [6.07, 6.45) is 1.89. The minimum atomic E-state index is -2.50. The van der Waals surface area contributed by atoms with Gasteiger partial charge in [-0.15, -0.1) is 0 Å². The van der Waals surface area contributed by atoms with Crippen LogP contribution in [0.25, 0.3) is 72.7 Å². The molecule has 0 unspecified atom stereocenters. The third kappa shape index (κ3) is 9.57. The maximum atomic E-state index is 12.4. The molecule has 8 rings (SSSR count). The molecule has 0 aliphatic rings. The monoisotopic (exact) mass is 903 g/mol. The van der Waals surface area contributed by atoms with Crippen LogP contribution in [0.4, 0.5) is 0 Å². The zero-order chi connectivity index (χ0) is 51.7. The summed E-state index contributed by atoms with van der Waals surface area (Å²) in [6.45, 7) is 30.4. The molecule has 1 N–H and O–H groups in total. The van der Waals surface area contributed by atoms with Gasteiger partial charge in [-0.05, 0) is 156 Å². The Kier molecular flexibility index (Phi) is 11.7. The third-order valence-corrected chi connectivity index (χ3v) is 13.7. The number of aryl methyl sites for hydroxylation is 1. The molecule has 8 aromatic rings. The highest BCUT2D eigenvalue weighted by Crippen LogP contribution is 2.44. The number of para-hydroxylation sites is 1. The number of aromatic nitrogens is 3. The van der Waals surface area contributed by atoms with Crippen molar-refractivity contribution in [2.24, 2.45) is 0 Å². The molecule has 0 spiro atoms. The summed E-state index contributed by atoms with van der Waals surface area (Å²) in [5.41, 5.74) is 16.9. The zero-order valence-corrected chi connectivity index (χ0v) is 43.1. The molecular weight excluding hydrogens is 827 g/mol. The molecule has 0 aliphatic carbocycles. The number of hydrogen-bond donors (Lipinski definition) is 1. The van der Waals surface area contributed by atoms with Crippen LogP contribution in [0.3, 0.4) is 0 Å². The Balaban J connectivity index is 1.40. The molecule has 68 heavy (non-hydrogen) atoms. The van der Waals surface area contributed by atoms with Crippen LogP contribution >= 0.6 is 0 Å². The van der Waals surface area contributed by atoms with Crippen molar-refractivity contribution in [2.45, 2.75) is 145 Å². The summed E-state index contributed by atoms with van der Waals surface area (Å²) in [5, 5.41) is 12.4. The van der Waals surface area contributed by atoms with Gasteiger partial charge in [0.25, 0.3) is 0 Å². The fraction of sp³-hybridized carbons (Fsp3) is 0.344. The van der Waals surface area contributed by atoms with Crippen molar-refractivity contribution in [3.05, 3.63) is 166 Å². The van der Waals surface area contributed by atoms with Crippen LogP contribution in [0, 0.1) is 6.85 Å². The Labute approximate surface area is 411 Å². The van der Waals surface area contributed by atoms with E-state index in [0.29, 0.717) is 22.6 Å². The fourth-order valence-electron chi connectivity index (χ4n) is 9.17. The number of fused-ring (bicyclic) bond motifs is 1. The van der Waals surface area contributed by atoms with Crippen LogP contribution in [0.15, 0.2) is 128 Å². The lowest BCUT2D eigenvalue weighted by molar-refractivity contribution is 0.466. The summed E-state index contributed by atoms with van der Waals surface area (Å²) in [6, 6.07) is 42.5. The zero-order valence-electron chi connectivity index (χ0n) is 46.1. The molecule has 2 heterocycles. The molecule has 2 aromatic heterocycles. The fourth-order valence-corrected chi connectivity index (χ4v) is 9.17. The number of benzene rings is 6. The SMILES string of the molecule is [2H]C([2H])([2H])c1cc(-c2cc(C(C)C)cc(C(C)(C)C)c2)ccc1-n1c(-c2cc(C(C)C)cc(C(C)C)c2O)nc2c(-c3cc(-c4cc(-c5ccc(C(C)(C)C)cc5)ccn4)cc(C(C)(C)C)c3)cccc21. The molecule has 350 valence electrons. The second kappa shape index (κ2) is 18.0. The van der Waals surface area contributed by atoms with Crippen LogP contribution in [0.1, 0.15) is 165 Å². The summed E-state index contributed by atoms with van der Waals surface area (Å²) in [4.78, 5) is 10.5. The lowest BCUT2D eigenvalue weighted by Crippen LogP contribution is -2.12. The highest BCUT2D eigenvalue weighted by Gasteiger charge is 2.26. The molecule has 4 heteroatoms. The van der Waals surface area contributed by atoms with Gasteiger partial charge in [0.2, 0.25) is 0 Å².